The van der Waals surface area contributed by atoms with Gasteiger partial charge >= 0.3 is 5.69 Å². The number of nitrogens with zero attached hydrogens (tertiary/aromatic N) is 5. The summed E-state index contributed by atoms with van der Waals surface area (Å²) in [5.74, 6) is 0.0704. The zero-order valence-corrected chi connectivity index (χ0v) is 17.5. The molecule has 4 N–H and O–H groups in total. The van der Waals surface area contributed by atoms with Crippen LogP contribution in [0.2, 0.25) is 5.02 Å². The number of benzene rings is 1. The molecule has 4 aromatic rings. The smallest absolute Gasteiger partial charge is 0.326 e. The van der Waals surface area contributed by atoms with Crippen LogP contribution in [0.3, 0.4) is 0 Å². The summed E-state index contributed by atoms with van der Waals surface area (Å²) >= 11 is 6.14. The van der Waals surface area contributed by atoms with E-state index in [2.05, 4.69) is 41.9 Å². The Morgan fingerprint density at radius 2 is 2.19 bits per heavy atom. The van der Waals surface area contributed by atoms with Crippen LogP contribution in [-0.2, 0) is 0 Å². The van der Waals surface area contributed by atoms with Gasteiger partial charge in [-0.05, 0) is 36.6 Å². The fourth-order valence-electron chi connectivity index (χ4n) is 3.26. The molecule has 1 saturated carbocycles. The third-order valence-corrected chi connectivity index (χ3v) is 5.22. The van der Waals surface area contributed by atoms with Gasteiger partial charge in [-0.15, -0.1) is 6.58 Å². The lowest BCUT2D eigenvalue weighted by molar-refractivity contribution is 0.454. The molecule has 0 bridgehead atoms. The maximum atomic E-state index is 11.5. The van der Waals surface area contributed by atoms with Gasteiger partial charge in [0.25, 0.3) is 5.62 Å². The fourth-order valence-corrected chi connectivity index (χ4v) is 3.46. The standard InChI is InChI=1S/C21H19ClN8O2/c1-2-15(11-4-3-5-13(22)8-11)25-19-27-17-12(9-16-18(31)28-21(32)26-16)10-23-30(17)20(29-19)24-14-6-7-14/h2-5,8-10,14-15,31H,1,6-7H2,(H,24,25,29)(H2,26,28,32). The Hall–Kier alpha value is -3.92. The molecule has 32 heavy (non-hydrogen) atoms. The molecule has 0 radical (unpaired) electrons. The van der Waals surface area contributed by atoms with Crippen LogP contribution in [-0.4, -0.2) is 40.7 Å². The van der Waals surface area contributed by atoms with Crippen molar-refractivity contribution in [2.75, 3.05) is 5.32 Å². The van der Waals surface area contributed by atoms with Crippen LogP contribution in [0.15, 0.2) is 52.9 Å². The molecule has 1 aliphatic rings. The lowest BCUT2D eigenvalue weighted by atomic mass is 10.1. The van der Waals surface area contributed by atoms with E-state index in [0.717, 1.165) is 18.4 Å². The second-order valence-electron chi connectivity index (χ2n) is 7.44. The number of anilines is 1. The van der Waals surface area contributed by atoms with Crippen molar-refractivity contribution in [3.63, 3.8) is 0 Å². The zero-order chi connectivity index (χ0) is 22.2. The normalized spacial score (nSPS) is 15.9. The summed E-state index contributed by atoms with van der Waals surface area (Å²) < 4.78 is 1.54. The summed E-state index contributed by atoms with van der Waals surface area (Å²) in [6, 6.07) is 7.37. The Balaban J connectivity index is 1.64. The highest BCUT2D eigenvalue weighted by atomic mass is 35.5. The quantitative estimate of drug-likeness (QED) is 0.328. The highest BCUT2D eigenvalue weighted by Gasteiger charge is 2.21. The number of nitrogens with one attached hydrogen (secondary N) is 3. The van der Waals surface area contributed by atoms with Gasteiger partial charge in [-0.3, -0.25) is 4.98 Å². The van der Waals surface area contributed by atoms with Crippen molar-refractivity contribution in [3.05, 3.63) is 80.7 Å². The summed E-state index contributed by atoms with van der Waals surface area (Å²) in [6.45, 7) is 3.91. The first-order valence-corrected chi connectivity index (χ1v) is 10.3. The Bertz CT molecular complexity index is 1500. The summed E-state index contributed by atoms with van der Waals surface area (Å²) in [4.78, 5) is 30.1. The zero-order valence-electron chi connectivity index (χ0n) is 16.8. The van der Waals surface area contributed by atoms with E-state index in [-0.39, 0.29) is 23.7 Å². The van der Waals surface area contributed by atoms with E-state index >= 15 is 0 Å². The maximum Gasteiger partial charge on any atom is 0.326 e. The van der Waals surface area contributed by atoms with Gasteiger partial charge in [0.05, 0.1) is 18.3 Å². The van der Waals surface area contributed by atoms with Gasteiger partial charge < -0.3 is 15.4 Å². The van der Waals surface area contributed by atoms with Crippen LogP contribution in [0.5, 0.6) is 5.88 Å². The number of halogens is 1. The average Bonchev–Trinajstić information content (AvgIpc) is 3.40. The number of aromatic amines is 2. The van der Waals surface area contributed by atoms with Gasteiger partial charge in [-0.1, -0.05) is 29.8 Å². The van der Waals surface area contributed by atoms with E-state index < -0.39 is 5.69 Å². The molecule has 0 spiro atoms. The van der Waals surface area contributed by atoms with Crippen molar-refractivity contribution in [2.45, 2.75) is 24.9 Å². The van der Waals surface area contributed by atoms with E-state index in [4.69, 9.17) is 11.6 Å². The van der Waals surface area contributed by atoms with Gasteiger partial charge in [0.2, 0.25) is 11.8 Å². The van der Waals surface area contributed by atoms with Crippen molar-refractivity contribution >= 4 is 29.3 Å². The number of aromatic hydroxyl groups is 1. The molecule has 1 atom stereocenters. The first kappa shape index (κ1) is 20.0. The van der Waals surface area contributed by atoms with Crippen LogP contribution in [0, 0.1) is 0 Å². The van der Waals surface area contributed by atoms with Crippen LogP contribution >= 0.6 is 11.6 Å². The molecule has 1 aromatic carbocycles. The Kier molecular flexibility index (Phi) is 4.98. The lowest BCUT2D eigenvalue weighted by Gasteiger charge is -2.15. The highest BCUT2D eigenvalue weighted by molar-refractivity contribution is 6.30. The first-order chi connectivity index (χ1) is 15.5. The van der Waals surface area contributed by atoms with Crippen LogP contribution in [0.4, 0.5) is 5.95 Å². The third-order valence-electron chi connectivity index (χ3n) is 4.99. The molecule has 162 valence electrons. The summed E-state index contributed by atoms with van der Waals surface area (Å²) in [7, 11) is 0. The van der Waals surface area contributed by atoms with Crippen molar-refractivity contribution in [3.8, 4) is 5.88 Å². The second kappa shape index (κ2) is 7.97. The molecular weight excluding hydrogens is 432 g/mol. The highest BCUT2D eigenvalue weighted by Crippen LogP contribution is 2.23. The molecule has 1 fully saturated rings. The predicted octanol–water partition coefficient (Wildman–Crippen LogP) is 1.45. The molecule has 3 heterocycles. The van der Waals surface area contributed by atoms with Crippen LogP contribution in [0.25, 0.3) is 11.7 Å². The fraction of sp³-hybridized carbons (Fsp3) is 0.190. The molecule has 0 saturated heterocycles. The monoisotopic (exact) mass is 450 g/mol. The van der Waals surface area contributed by atoms with E-state index in [0.29, 0.717) is 27.5 Å². The van der Waals surface area contributed by atoms with Crippen molar-refractivity contribution in [1.29, 1.82) is 0 Å². The van der Waals surface area contributed by atoms with Gasteiger partial charge in [0.15, 0.2) is 5.65 Å². The topological polar surface area (TPSA) is 136 Å². The minimum Gasteiger partial charge on any atom is -0.493 e. The summed E-state index contributed by atoms with van der Waals surface area (Å²) in [5, 5.41) is 18.7. The number of fused-ring (bicyclic) bond motifs is 1. The van der Waals surface area contributed by atoms with E-state index in [9.17, 15) is 9.90 Å². The Labute approximate surface area is 186 Å². The maximum absolute atomic E-state index is 11.5. The van der Waals surface area contributed by atoms with Gasteiger partial charge in [0, 0.05) is 10.2 Å². The molecule has 0 amide bonds. The number of aromatic nitrogens is 6. The minimum absolute atomic E-state index is 0.214. The first-order valence-electron chi connectivity index (χ1n) is 9.97. The van der Waals surface area contributed by atoms with Gasteiger partial charge in [-0.25, -0.2) is 9.79 Å². The number of hydrogen-bond acceptors (Lipinski definition) is 7. The van der Waals surface area contributed by atoms with E-state index in [1.54, 1.807) is 28.9 Å². The lowest BCUT2D eigenvalue weighted by Crippen LogP contribution is -2.25. The third kappa shape index (κ3) is 4.00. The summed E-state index contributed by atoms with van der Waals surface area (Å²) in [6.07, 6.45) is 6.90. The molecule has 5 rings (SSSR count). The number of hydrogen-bond donors (Lipinski definition) is 4. The SMILES string of the molecule is C=CC(Nc1nc(=NC2CC2)n2ncc(=Cc3[nH]c(=O)[nH]c3O)c2n1)c1cccc(Cl)c1. The molecular formula is C21H19ClN8O2. The van der Waals surface area contributed by atoms with E-state index in [1.165, 1.54) is 0 Å². The molecule has 0 aliphatic heterocycles. The van der Waals surface area contributed by atoms with Crippen molar-refractivity contribution < 1.29 is 5.11 Å². The molecule has 11 heteroatoms. The molecule has 1 aliphatic carbocycles. The average molecular weight is 451 g/mol. The molecule has 10 nitrogen and oxygen atoms in total. The minimum atomic E-state index is -0.512. The molecule has 3 aromatic heterocycles. The van der Waals surface area contributed by atoms with Crippen molar-refractivity contribution in [2.24, 2.45) is 4.99 Å². The Morgan fingerprint density at radius 3 is 2.88 bits per heavy atom. The van der Waals surface area contributed by atoms with Crippen molar-refractivity contribution in [1.82, 2.24) is 29.5 Å². The van der Waals surface area contributed by atoms with Crippen LogP contribution < -0.4 is 21.8 Å². The number of rotatable bonds is 6. The second-order valence-corrected chi connectivity index (χ2v) is 7.88. The Morgan fingerprint density at radius 1 is 1.34 bits per heavy atom. The van der Waals surface area contributed by atoms with Crippen LogP contribution in [0.1, 0.15) is 30.1 Å². The van der Waals surface area contributed by atoms with Gasteiger partial charge in [-0.2, -0.15) is 19.6 Å². The van der Waals surface area contributed by atoms with Gasteiger partial charge in [0.1, 0.15) is 5.69 Å². The molecule has 1 unspecified atom stereocenters. The predicted molar refractivity (Wildman–Crippen MR) is 119 cm³/mol. The number of H-pyrrole nitrogens is 2. The number of imidazole rings is 1. The largest absolute Gasteiger partial charge is 0.493 e. The summed E-state index contributed by atoms with van der Waals surface area (Å²) in [5.41, 5.74) is 1.51. The van der Waals surface area contributed by atoms with E-state index in [1.807, 2.05) is 18.2 Å².